The summed E-state index contributed by atoms with van der Waals surface area (Å²) in [6, 6.07) is 4.93. The third-order valence-corrected chi connectivity index (χ3v) is 7.25. The van der Waals surface area contributed by atoms with E-state index in [4.69, 9.17) is 4.74 Å². The molecule has 1 aliphatic heterocycles. The van der Waals surface area contributed by atoms with Gasteiger partial charge in [0, 0.05) is 38.6 Å². The van der Waals surface area contributed by atoms with E-state index in [0.29, 0.717) is 38.1 Å². The topological polar surface area (TPSA) is 77.3 Å². The van der Waals surface area contributed by atoms with Gasteiger partial charge in [0.25, 0.3) is 0 Å². The molecular formula is C20H25FN4O3S. The Labute approximate surface area is 170 Å². The number of hydrogen-bond acceptors (Lipinski definition) is 5. The zero-order valence-corrected chi connectivity index (χ0v) is 17.2. The van der Waals surface area contributed by atoms with E-state index < -0.39 is 15.3 Å². The van der Waals surface area contributed by atoms with Crippen molar-refractivity contribution < 1.29 is 17.5 Å². The molecule has 0 amide bonds. The molecule has 3 rings (SSSR count). The highest BCUT2D eigenvalue weighted by Gasteiger charge is 2.31. The second-order valence-electron chi connectivity index (χ2n) is 6.81. The minimum Gasteiger partial charge on any atom is -0.385 e. The van der Waals surface area contributed by atoms with Gasteiger partial charge in [-0.15, -0.1) is 11.7 Å². The monoisotopic (exact) mass is 420 g/mol. The second-order valence-corrected chi connectivity index (χ2v) is 8.96. The van der Waals surface area contributed by atoms with Gasteiger partial charge in [-0.1, -0.05) is 29.5 Å². The Morgan fingerprint density at radius 3 is 2.86 bits per heavy atom. The number of sulfonamides is 1. The van der Waals surface area contributed by atoms with Gasteiger partial charge in [0.15, 0.2) is 0 Å². The lowest BCUT2D eigenvalue weighted by molar-refractivity contribution is 0.195. The van der Waals surface area contributed by atoms with E-state index in [2.05, 4.69) is 16.9 Å². The first-order valence-corrected chi connectivity index (χ1v) is 10.9. The molecule has 1 atom stereocenters. The van der Waals surface area contributed by atoms with Gasteiger partial charge in [-0.3, -0.25) is 0 Å². The van der Waals surface area contributed by atoms with Crippen LogP contribution in [0.3, 0.4) is 0 Å². The zero-order valence-electron chi connectivity index (χ0n) is 16.4. The van der Waals surface area contributed by atoms with Crippen LogP contribution in [-0.4, -0.2) is 59.8 Å². The Balaban J connectivity index is 1.82. The molecule has 7 nitrogen and oxygen atoms in total. The van der Waals surface area contributed by atoms with Crippen molar-refractivity contribution >= 4 is 15.6 Å². The Morgan fingerprint density at radius 2 is 2.24 bits per heavy atom. The fraction of sp³-hybridized carbons (Fsp3) is 0.400. The molecule has 2 aromatic rings. The van der Waals surface area contributed by atoms with Crippen molar-refractivity contribution in [2.75, 3.05) is 26.8 Å². The predicted molar refractivity (Wildman–Crippen MR) is 109 cm³/mol. The van der Waals surface area contributed by atoms with Crippen LogP contribution in [0.5, 0.6) is 0 Å². The van der Waals surface area contributed by atoms with E-state index in [0.717, 1.165) is 11.1 Å². The van der Waals surface area contributed by atoms with Crippen molar-refractivity contribution in [3.8, 4) is 0 Å². The summed E-state index contributed by atoms with van der Waals surface area (Å²) < 4.78 is 48.5. The van der Waals surface area contributed by atoms with Crippen LogP contribution in [0.2, 0.25) is 0 Å². The third-order valence-electron chi connectivity index (χ3n) is 5.01. The summed E-state index contributed by atoms with van der Waals surface area (Å²) in [5, 5.41) is 7.02. The summed E-state index contributed by atoms with van der Waals surface area (Å²) in [5.74, 6) is -0.325. The molecule has 156 valence electrons. The van der Waals surface area contributed by atoms with Crippen LogP contribution in [0.25, 0.3) is 5.57 Å². The van der Waals surface area contributed by atoms with Crippen molar-refractivity contribution in [2.24, 2.45) is 0 Å². The number of hydrogen-bond donors (Lipinski definition) is 0. The molecule has 0 bridgehead atoms. The zero-order chi connectivity index (χ0) is 20.9. The minimum absolute atomic E-state index is 0.200. The molecule has 1 aromatic carbocycles. The number of aromatic nitrogens is 3. The van der Waals surface area contributed by atoms with Gasteiger partial charge in [0.1, 0.15) is 5.82 Å². The van der Waals surface area contributed by atoms with Crippen LogP contribution in [0.1, 0.15) is 24.0 Å². The molecule has 0 fully saturated rings. The Bertz CT molecular complexity index is 974. The molecule has 1 unspecified atom stereocenters. The summed E-state index contributed by atoms with van der Waals surface area (Å²) in [6.45, 7) is 4.88. The molecule has 2 heterocycles. The lowest BCUT2D eigenvalue weighted by Crippen LogP contribution is -2.40. The summed E-state index contributed by atoms with van der Waals surface area (Å²) >= 11 is 0. The van der Waals surface area contributed by atoms with Crippen LogP contribution in [0, 0.1) is 5.82 Å². The first-order valence-electron chi connectivity index (χ1n) is 9.38. The Morgan fingerprint density at radius 1 is 1.41 bits per heavy atom. The van der Waals surface area contributed by atoms with Gasteiger partial charge in [0.05, 0.1) is 18.0 Å². The van der Waals surface area contributed by atoms with Crippen LogP contribution < -0.4 is 0 Å². The number of ether oxygens (including phenoxy) is 1. The molecule has 0 radical (unpaired) electrons. The minimum atomic E-state index is -3.54. The van der Waals surface area contributed by atoms with Crippen molar-refractivity contribution in [2.45, 2.75) is 24.6 Å². The van der Waals surface area contributed by atoms with Gasteiger partial charge in [-0.05, 0) is 30.0 Å². The Kier molecular flexibility index (Phi) is 6.94. The van der Waals surface area contributed by atoms with E-state index in [-0.39, 0.29) is 12.4 Å². The lowest BCUT2D eigenvalue weighted by atomic mass is 9.95. The maximum atomic E-state index is 14.7. The molecule has 0 saturated carbocycles. The molecule has 9 heteroatoms. The van der Waals surface area contributed by atoms with Crippen LogP contribution >= 0.6 is 0 Å². The average Bonchev–Trinajstić information content (AvgIpc) is 3.22. The van der Waals surface area contributed by atoms with Crippen molar-refractivity contribution in [3.63, 3.8) is 0 Å². The molecule has 0 N–H and O–H groups in total. The van der Waals surface area contributed by atoms with Gasteiger partial charge >= 0.3 is 0 Å². The highest BCUT2D eigenvalue weighted by molar-refractivity contribution is 7.89. The lowest BCUT2D eigenvalue weighted by Gasteiger charge is -2.29. The number of nitrogens with zero attached hydrogens (tertiary/aromatic N) is 4. The highest BCUT2D eigenvalue weighted by atomic mass is 32.2. The maximum Gasteiger partial charge on any atom is 0.220 e. The van der Waals surface area contributed by atoms with Gasteiger partial charge in [0.2, 0.25) is 10.0 Å². The fourth-order valence-corrected chi connectivity index (χ4v) is 5.12. The van der Waals surface area contributed by atoms with E-state index in [1.54, 1.807) is 29.2 Å². The number of halogens is 1. The van der Waals surface area contributed by atoms with E-state index >= 15 is 0 Å². The SMILES string of the molecule is C=CC(CCOC)S(=O)(=O)N1CC=C(c2c(F)cccc2Cn2ccnn2)CC1. The van der Waals surface area contributed by atoms with Crippen LogP contribution in [-0.2, 0) is 21.3 Å². The number of benzene rings is 1. The quantitative estimate of drug-likeness (QED) is 0.583. The van der Waals surface area contributed by atoms with Crippen molar-refractivity contribution in [1.29, 1.82) is 0 Å². The smallest absolute Gasteiger partial charge is 0.220 e. The maximum absolute atomic E-state index is 14.7. The average molecular weight is 421 g/mol. The molecule has 1 aliphatic rings. The van der Waals surface area contributed by atoms with Crippen LogP contribution in [0.4, 0.5) is 4.39 Å². The predicted octanol–water partition coefficient (Wildman–Crippen LogP) is 2.48. The summed E-state index contributed by atoms with van der Waals surface area (Å²) in [6.07, 6.45) is 7.31. The van der Waals surface area contributed by atoms with Gasteiger partial charge < -0.3 is 4.74 Å². The molecule has 0 saturated heterocycles. The summed E-state index contributed by atoms with van der Waals surface area (Å²) in [7, 11) is -2.00. The second kappa shape index (κ2) is 9.43. The summed E-state index contributed by atoms with van der Waals surface area (Å²) in [4.78, 5) is 0. The highest BCUT2D eigenvalue weighted by Crippen LogP contribution is 2.30. The van der Waals surface area contributed by atoms with E-state index in [1.165, 1.54) is 23.6 Å². The number of methoxy groups -OCH3 is 1. The van der Waals surface area contributed by atoms with E-state index in [1.807, 2.05) is 6.07 Å². The fourth-order valence-electron chi connectivity index (χ4n) is 3.47. The Hall–Kier alpha value is -2.36. The first kappa shape index (κ1) is 21.4. The van der Waals surface area contributed by atoms with Crippen molar-refractivity contribution in [3.05, 3.63) is 66.3 Å². The van der Waals surface area contributed by atoms with Gasteiger partial charge in [-0.25, -0.2) is 17.5 Å². The third kappa shape index (κ3) is 4.80. The van der Waals surface area contributed by atoms with E-state index in [9.17, 15) is 12.8 Å². The molecular weight excluding hydrogens is 395 g/mol. The molecule has 0 aliphatic carbocycles. The molecule has 0 spiro atoms. The summed E-state index contributed by atoms with van der Waals surface area (Å²) in [5.41, 5.74) is 2.10. The standard InChI is InChI=1S/C20H25FN4O3S/c1-3-18(9-14-28-2)29(26,27)25-11-7-16(8-12-25)20-17(5-4-6-19(20)21)15-24-13-10-22-23-24/h3-7,10,13,18H,1,8-9,11-12,14-15H2,2H3. The molecule has 29 heavy (non-hydrogen) atoms. The van der Waals surface area contributed by atoms with Gasteiger partial charge in [-0.2, -0.15) is 4.31 Å². The largest absolute Gasteiger partial charge is 0.385 e. The molecule has 1 aromatic heterocycles. The number of rotatable bonds is 9. The van der Waals surface area contributed by atoms with Crippen molar-refractivity contribution in [1.82, 2.24) is 19.3 Å². The van der Waals surface area contributed by atoms with Crippen LogP contribution in [0.15, 0.2) is 49.3 Å². The normalized spacial score (nSPS) is 16.4. The first-order chi connectivity index (χ1) is 14.0.